The summed E-state index contributed by atoms with van der Waals surface area (Å²) in [6.45, 7) is 5.08. The molecule has 1 atom stereocenters. The van der Waals surface area contributed by atoms with Crippen molar-refractivity contribution < 1.29 is 14.7 Å². The van der Waals surface area contributed by atoms with Gasteiger partial charge in [0, 0.05) is 18.6 Å². The summed E-state index contributed by atoms with van der Waals surface area (Å²) in [5, 5.41) is 14.1. The summed E-state index contributed by atoms with van der Waals surface area (Å²) in [7, 11) is 0. The van der Waals surface area contributed by atoms with Crippen LogP contribution in [-0.4, -0.2) is 41.8 Å². The lowest BCUT2D eigenvalue weighted by Gasteiger charge is -2.23. The number of unbranched alkanes of at least 4 members (excludes halogenated alkanes) is 1. The molecule has 124 valence electrons. The molecule has 0 spiro atoms. The van der Waals surface area contributed by atoms with Crippen LogP contribution >= 0.6 is 0 Å². The average Bonchev–Trinajstić information content (AvgIpc) is 2.43. The van der Waals surface area contributed by atoms with E-state index < -0.39 is 12.0 Å². The number of carbonyl (C=O) groups is 2. The van der Waals surface area contributed by atoms with E-state index in [1.165, 1.54) is 0 Å². The molecule has 8 nitrogen and oxygen atoms in total. The van der Waals surface area contributed by atoms with Gasteiger partial charge < -0.3 is 21.5 Å². The van der Waals surface area contributed by atoms with Crippen LogP contribution in [0.2, 0.25) is 0 Å². The van der Waals surface area contributed by atoms with E-state index in [1.54, 1.807) is 0 Å². The Morgan fingerprint density at radius 1 is 1.14 bits per heavy atom. The van der Waals surface area contributed by atoms with Crippen molar-refractivity contribution in [3.63, 3.8) is 0 Å². The third-order valence-electron chi connectivity index (χ3n) is 3.20. The van der Waals surface area contributed by atoms with Gasteiger partial charge in [0.05, 0.1) is 0 Å². The zero-order valence-electron chi connectivity index (χ0n) is 12.9. The highest BCUT2D eigenvalue weighted by Gasteiger charge is 2.14. The highest BCUT2D eigenvalue weighted by Crippen LogP contribution is 2.08. The molecule has 0 radical (unpaired) electrons. The third-order valence-corrected chi connectivity index (χ3v) is 3.20. The highest BCUT2D eigenvalue weighted by atomic mass is 16.4. The van der Waals surface area contributed by atoms with Crippen molar-refractivity contribution in [1.29, 1.82) is 0 Å². The summed E-state index contributed by atoms with van der Waals surface area (Å²) >= 11 is 0. The van der Waals surface area contributed by atoms with Crippen LogP contribution in [0.3, 0.4) is 0 Å². The van der Waals surface area contributed by atoms with Gasteiger partial charge in [-0.1, -0.05) is 0 Å². The maximum absolute atomic E-state index is 11.5. The molecule has 0 aromatic carbocycles. The van der Waals surface area contributed by atoms with Gasteiger partial charge in [0.15, 0.2) is 0 Å². The topological polar surface area (TPSA) is 142 Å². The Kier molecular flexibility index (Phi) is 9.68. The minimum Gasteiger partial charge on any atom is -0.480 e. The average molecular weight is 303 g/mol. The van der Waals surface area contributed by atoms with Gasteiger partial charge in [-0.3, -0.25) is 16.1 Å². The Morgan fingerprint density at radius 3 is 2.24 bits per heavy atom. The monoisotopic (exact) mass is 303 g/mol. The summed E-state index contributed by atoms with van der Waals surface area (Å²) in [5.74, 6) is 4.40. The fourth-order valence-electron chi connectivity index (χ4n) is 1.68. The second kappa shape index (κ2) is 10.4. The molecule has 0 aliphatic heterocycles. The SMILES string of the molecule is CC(C)(CCCNC(=O)NCCCC[C@H](N)C(=O)O)NN. The van der Waals surface area contributed by atoms with E-state index >= 15 is 0 Å². The van der Waals surface area contributed by atoms with Gasteiger partial charge in [-0.15, -0.1) is 0 Å². The van der Waals surface area contributed by atoms with Gasteiger partial charge in [0.25, 0.3) is 0 Å². The van der Waals surface area contributed by atoms with Gasteiger partial charge >= 0.3 is 12.0 Å². The van der Waals surface area contributed by atoms with Crippen LogP contribution < -0.4 is 27.6 Å². The van der Waals surface area contributed by atoms with Gasteiger partial charge in [0.2, 0.25) is 0 Å². The quantitative estimate of drug-likeness (QED) is 0.179. The van der Waals surface area contributed by atoms with Crippen LogP contribution in [0, 0.1) is 0 Å². The van der Waals surface area contributed by atoms with Gasteiger partial charge in [-0.25, -0.2) is 4.79 Å². The van der Waals surface area contributed by atoms with Crippen molar-refractivity contribution >= 4 is 12.0 Å². The third kappa shape index (κ3) is 11.0. The Balaban J connectivity index is 3.49. The van der Waals surface area contributed by atoms with E-state index in [9.17, 15) is 9.59 Å². The molecule has 21 heavy (non-hydrogen) atoms. The molecule has 8 heteroatoms. The predicted octanol–water partition coefficient (Wildman–Crippen LogP) is -0.110. The van der Waals surface area contributed by atoms with Crippen molar-refractivity contribution in [3.05, 3.63) is 0 Å². The summed E-state index contributed by atoms with van der Waals surface area (Å²) in [6.07, 6.45) is 3.48. The first-order chi connectivity index (χ1) is 9.78. The molecule has 0 aromatic heterocycles. The first-order valence-corrected chi connectivity index (χ1v) is 7.26. The van der Waals surface area contributed by atoms with E-state index in [2.05, 4.69) is 16.1 Å². The fraction of sp³-hybridized carbons (Fsp3) is 0.846. The largest absolute Gasteiger partial charge is 0.480 e. The lowest BCUT2D eigenvalue weighted by molar-refractivity contribution is -0.138. The Hall–Kier alpha value is -1.38. The molecule has 8 N–H and O–H groups in total. The first-order valence-electron chi connectivity index (χ1n) is 7.26. The van der Waals surface area contributed by atoms with Crippen LogP contribution in [0.15, 0.2) is 0 Å². The van der Waals surface area contributed by atoms with Crippen molar-refractivity contribution in [3.8, 4) is 0 Å². The van der Waals surface area contributed by atoms with Crippen LogP contribution in [0.1, 0.15) is 46.0 Å². The maximum atomic E-state index is 11.5. The molecule has 2 amide bonds. The molecule has 0 unspecified atom stereocenters. The lowest BCUT2D eigenvalue weighted by Crippen LogP contribution is -2.44. The Morgan fingerprint density at radius 2 is 1.71 bits per heavy atom. The molecule has 0 aliphatic carbocycles. The summed E-state index contributed by atoms with van der Waals surface area (Å²) in [6, 6.07) is -1.03. The van der Waals surface area contributed by atoms with Gasteiger partial charge in [-0.05, 0) is 46.0 Å². The Bertz CT molecular complexity index is 323. The number of carbonyl (C=O) groups excluding carboxylic acids is 1. The number of urea groups is 1. The van der Waals surface area contributed by atoms with Crippen molar-refractivity contribution in [2.75, 3.05) is 13.1 Å². The van der Waals surface area contributed by atoms with E-state index in [0.717, 1.165) is 12.8 Å². The van der Waals surface area contributed by atoms with Crippen molar-refractivity contribution in [1.82, 2.24) is 16.1 Å². The number of hydrazine groups is 1. The minimum atomic E-state index is -0.990. The van der Waals surface area contributed by atoms with E-state index in [0.29, 0.717) is 32.4 Å². The zero-order chi connectivity index (χ0) is 16.3. The van der Waals surface area contributed by atoms with Crippen LogP contribution in [0.25, 0.3) is 0 Å². The smallest absolute Gasteiger partial charge is 0.320 e. The number of nitrogens with one attached hydrogen (secondary N) is 3. The molecule has 0 aliphatic rings. The van der Waals surface area contributed by atoms with E-state index in [-0.39, 0.29) is 11.6 Å². The molecule has 0 heterocycles. The normalized spacial score (nSPS) is 12.8. The molecule has 0 saturated carbocycles. The Labute approximate surface area is 126 Å². The minimum absolute atomic E-state index is 0.138. The summed E-state index contributed by atoms with van der Waals surface area (Å²) in [5.41, 5.74) is 7.95. The second-order valence-electron chi connectivity index (χ2n) is 5.75. The van der Waals surface area contributed by atoms with Gasteiger partial charge in [-0.2, -0.15) is 0 Å². The van der Waals surface area contributed by atoms with E-state index in [1.807, 2.05) is 13.8 Å². The molecule has 0 bridgehead atoms. The number of carboxylic acids is 1. The first kappa shape index (κ1) is 19.6. The molecule has 0 aromatic rings. The fourth-order valence-corrected chi connectivity index (χ4v) is 1.68. The van der Waals surface area contributed by atoms with E-state index in [4.69, 9.17) is 16.7 Å². The van der Waals surface area contributed by atoms with Crippen LogP contribution in [0.4, 0.5) is 4.79 Å². The molecule has 0 rings (SSSR count). The number of hydrogen-bond donors (Lipinski definition) is 6. The summed E-state index contributed by atoms with van der Waals surface area (Å²) in [4.78, 5) is 22.0. The second-order valence-corrected chi connectivity index (χ2v) is 5.75. The number of nitrogens with two attached hydrogens (primary N) is 2. The summed E-state index contributed by atoms with van der Waals surface area (Å²) < 4.78 is 0. The predicted molar refractivity (Wildman–Crippen MR) is 81.5 cm³/mol. The highest BCUT2D eigenvalue weighted by molar-refractivity contribution is 5.73. The number of aliphatic carboxylic acids is 1. The molecular weight excluding hydrogens is 274 g/mol. The van der Waals surface area contributed by atoms with Crippen molar-refractivity contribution in [2.24, 2.45) is 11.6 Å². The van der Waals surface area contributed by atoms with Crippen molar-refractivity contribution in [2.45, 2.75) is 57.5 Å². The number of amides is 2. The maximum Gasteiger partial charge on any atom is 0.320 e. The van der Waals surface area contributed by atoms with Crippen LogP contribution in [0.5, 0.6) is 0 Å². The number of rotatable bonds is 11. The molecule has 0 saturated heterocycles. The number of carboxylic acid groups (broad SMARTS) is 1. The van der Waals surface area contributed by atoms with Gasteiger partial charge in [0.1, 0.15) is 6.04 Å². The lowest BCUT2D eigenvalue weighted by atomic mass is 10.00. The molecule has 0 fully saturated rings. The zero-order valence-corrected chi connectivity index (χ0v) is 12.9. The van der Waals surface area contributed by atoms with Crippen LogP contribution in [-0.2, 0) is 4.79 Å². The molecular formula is C13H29N5O3. The standard InChI is InChI=1S/C13H29N5O3/c1-13(2,18-15)7-5-9-17-12(21)16-8-4-3-6-10(14)11(19)20/h10,18H,3-9,14-15H2,1-2H3,(H,19,20)(H2,16,17,21)/t10-/m0/s1. The number of hydrogen-bond acceptors (Lipinski definition) is 5.